The monoisotopic (exact) mass is 297 g/mol. The lowest BCUT2D eigenvalue weighted by atomic mass is 9.84. The molecule has 2 N–H and O–H groups in total. The van der Waals surface area contributed by atoms with Crippen molar-refractivity contribution in [2.45, 2.75) is 45.1 Å². The molecule has 19 heavy (non-hydrogen) atoms. The summed E-state index contributed by atoms with van der Waals surface area (Å²) >= 11 is 11.1. The predicted octanol–water partition coefficient (Wildman–Crippen LogP) is 3.75. The van der Waals surface area contributed by atoms with Gasteiger partial charge in [0.25, 0.3) is 0 Å². The van der Waals surface area contributed by atoms with E-state index in [0.29, 0.717) is 16.1 Å². The number of nitrogens with two attached hydrogens (primary N) is 1. The van der Waals surface area contributed by atoms with Gasteiger partial charge in [-0.15, -0.1) is 0 Å². The van der Waals surface area contributed by atoms with E-state index in [0.717, 1.165) is 5.82 Å². The summed E-state index contributed by atoms with van der Waals surface area (Å²) < 4.78 is 0. The fraction of sp³-hybridized carbons (Fsp3) is 0.571. The Morgan fingerprint density at radius 1 is 1.42 bits per heavy atom. The fourth-order valence-electron chi connectivity index (χ4n) is 2.86. The van der Waals surface area contributed by atoms with Crippen molar-refractivity contribution < 1.29 is 0 Å². The van der Waals surface area contributed by atoms with E-state index in [1.807, 2.05) is 17.0 Å². The maximum absolute atomic E-state index is 5.90. The van der Waals surface area contributed by atoms with Crippen LogP contribution in [0.1, 0.15) is 39.0 Å². The highest BCUT2D eigenvalue weighted by Gasteiger charge is 2.27. The predicted molar refractivity (Wildman–Crippen MR) is 84.5 cm³/mol. The lowest BCUT2D eigenvalue weighted by Gasteiger charge is -2.36. The van der Waals surface area contributed by atoms with Gasteiger partial charge in [-0.3, -0.25) is 0 Å². The maximum Gasteiger partial charge on any atom is 0.172 e. The summed E-state index contributed by atoms with van der Waals surface area (Å²) in [6.07, 6.45) is 8.06. The molecule has 1 fully saturated rings. The summed E-state index contributed by atoms with van der Waals surface area (Å²) in [5.41, 5.74) is 5.90. The van der Waals surface area contributed by atoms with E-state index < -0.39 is 0 Å². The van der Waals surface area contributed by atoms with Crippen LogP contribution in [0.15, 0.2) is 18.3 Å². The second-order valence-corrected chi connectivity index (χ2v) is 6.04. The van der Waals surface area contributed by atoms with Crippen LogP contribution >= 0.6 is 23.8 Å². The molecule has 5 heteroatoms. The number of nitrogens with zero attached hydrogens (tertiary/aromatic N) is 2. The molecule has 2 rings (SSSR count). The SMILES string of the molecule is C[C@H](C1CCCCC1)N(C(N)=S)c1ccc(Cl)cn1. The number of rotatable bonds is 3. The zero-order valence-corrected chi connectivity index (χ0v) is 12.8. The Morgan fingerprint density at radius 3 is 2.63 bits per heavy atom. The third-order valence-corrected chi connectivity index (χ3v) is 4.36. The Balaban J connectivity index is 2.19. The summed E-state index contributed by atoms with van der Waals surface area (Å²) in [5.74, 6) is 1.42. The van der Waals surface area contributed by atoms with Gasteiger partial charge in [0, 0.05) is 12.2 Å². The molecule has 0 saturated heterocycles. The Kier molecular flexibility index (Phi) is 4.99. The van der Waals surface area contributed by atoms with E-state index in [4.69, 9.17) is 29.6 Å². The van der Waals surface area contributed by atoms with E-state index in [1.165, 1.54) is 32.1 Å². The average molecular weight is 298 g/mol. The number of thiocarbonyl (C=S) groups is 1. The van der Waals surface area contributed by atoms with Gasteiger partial charge < -0.3 is 10.6 Å². The molecule has 104 valence electrons. The van der Waals surface area contributed by atoms with Crippen LogP contribution in [-0.2, 0) is 0 Å². The fourth-order valence-corrected chi connectivity index (χ4v) is 3.23. The molecule has 3 nitrogen and oxygen atoms in total. The minimum absolute atomic E-state index is 0.284. The van der Waals surface area contributed by atoms with Gasteiger partial charge in [-0.2, -0.15) is 0 Å². The first-order chi connectivity index (χ1) is 9.09. The third kappa shape index (κ3) is 3.57. The third-order valence-electron chi connectivity index (χ3n) is 3.94. The molecule has 1 aromatic rings. The second kappa shape index (κ2) is 6.53. The number of anilines is 1. The Labute approximate surface area is 125 Å². The number of hydrogen-bond acceptors (Lipinski definition) is 2. The lowest BCUT2D eigenvalue weighted by molar-refractivity contribution is 0.316. The van der Waals surface area contributed by atoms with Gasteiger partial charge in [-0.05, 0) is 50.0 Å². The molecule has 0 spiro atoms. The van der Waals surface area contributed by atoms with Crippen LogP contribution in [-0.4, -0.2) is 16.1 Å². The van der Waals surface area contributed by atoms with Gasteiger partial charge in [-0.1, -0.05) is 30.9 Å². The van der Waals surface area contributed by atoms with Crippen LogP contribution in [0.25, 0.3) is 0 Å². The van der Waals surface area contributed by atoms with Gasteiger partial charge >= 0.3 is 0 Å². The standard InChI is InChI=1S/C14H20ClN3S/c1-10(11-5-3-2-4-6-11)18(14(16)19)13-8-7-12(15)9-17-13/h7-11H,2-6H2,1H3,(H2,16,19)/t10-/m1/s1. The van der Waals surface area contributed by atoms with Crippen molar-refractivity contribution in [1.82, 2.24) is 4.98 Å². The molecule has 1 atom stereocenters. The van der Waals surface area contributed by atoms with E-state index >= 15 is 0 Å². The van der Waals surface area contributed by atoms with Gasteiger partial charge in [0.05, 0.1) is 5.02 Å². The molecular weight excluding hydrogens is 278 g/mol. The number of hydrogen-bond donors (Lipinski definition) is 1. The molecule has 0 aromatic carbocycles. The molecule has 1 aromatic heterocycles. The van der Waals surface area contributed by atoms with Crippen LogP contribution < -0.4 is 10.6 Å². The smallest absolute Gasteiger partial charge is 0.172 e. The van der Waals surface area contributed by atoms with Crippen molar-refractivity contribution >= 4 is 34.7 Å². The van der Waals surface area contributed by atoms with E-state index in [2.05, 4.69) is 11.9 Å². The number of pyridine rings is 1. The van der Waals surface area contributed by atoms with Gasteiger partial charge in [-0.25, -0.2) is 4.98 Å². The van der Waals surface area contributed by atoms with Crippen molar-refractivity contribution in [2.75, 3.05) is 4.90 Å². The van der Waals surface area contributed by atoms with Crippen molar-refractivity contribution in [1.29, 1.82) is 0 Å². The molecule has 0 radical (unpaired) electrons. The molecule has 1 aliphatic rings. The quantitative estimate of drug-likeness (QED) is 0.863. The molecule has 1 aliphatic carbocycles. The van der Waals surface area contributed by atoms with Crippen molar-refractivity contribution in [3.63, 3.8) is 0 Å². The first-order valence-corrected chi connectivity index (χ1v) is 7.58. The summed E-state index contributed by atoms with van der Waals surface area (Å²) in [5, 5.41) is 1.00. The van der Waals surface area contributed by atoms with Crippen LogP contribution in [0, 0.1) is 5.92 Å². The van der Waals surface area contributed by atoms with Crippen molar-refractivity contribution in [3.05, 3.63) is 23.4 Å². The molecule has 0 aliphatic heterocycles. The highest BCUT2D eigenvalue weighted by Crippen LogP contribution is 2.30. The number of aromatic nitrogens is 1. The van der Waals surface area contributed by atoms with E-state index in [1.54, 1.807) is 6.20 Å². The van der Waals surface area contributed by atoms with Crippen molar-refractivity contribution in [3.8, 4) is 0 Å². The Bertz CT molecular complexity index is 429. The minimum Gasteiger partial charge on any atom is -0.376 e. The summed E-state index contributed by atoms with van der Waals surface area (Å²) in [4.78, 5) is 6.30. The van der Waals surface area contributed by atoms with E-state index in [9.17, 15) is 0 Å². The zero-order valence-electron chi connectivity index (χ0n) is 11.2. The molecule has 0 amide bonds. The van der Waals surface area contributed by atoms with Crippen LogP contribution in [0.3, 0.4) is 0 Å². The number of halogens is 1. The van der Waals surface area contributed by atoms with Crippen LogP contribution in [0.4, 0.5) is 5.82 Å². The normalized spacial score (nSPS) is 18.0. The summed E-state index contributed by atoms with van der Waals surface area (Å²) in [6, 6.07) is 3.98. The van der Waals surface area contributed by atoms with Crippen molar-refractivity contribution in [2.24, 2.45) is 11.7 Å². The summed E-state index contributed by atoms with van der Waals surface area (Å²) in [6.45, 7) is 2.19. The molecule has 0 bridgehead atoms. The first-order valence-electron chi connectivity index (χ1n) is 6.80. The maximum atomic E-state index is 5.90. The van der Waals surface area contributed by atoms with E-state index in [-0.39, 0.29) is 6.04 Å². The van der Waals surface area contributed by atoms with Gasteiger partial charge in [0.2, 0.25) is 0 Å². The first kappa shape index (κ1) is 14.5. The average Bonchev–Trinajstić information content (AvgIpc) is 2.42. The molecule has 0 unspecified atom stereocenters. The highest BCUT2D eigenvalue weighted by molar-refractivity contribution is 7.80. The highest BCUT2D eigenvalue weighted by atomic mass is 35.5. The second-order valence-electron chi connectivity index (χ2n) is 5.18. The van der Waals surface area contributed by atoms with Gasteiger partial charge in [0.1, 0.15) is 5.82 Å². The van der Waals surface area contributed by atoms with Crippen LogP contribution in [0.5, 0.6) is 0 Å². The van der Waals surface area contributed by atoms with Crippen LogP contribution in [0.2, 0.25) is 5.02 Å². The molecular formula is C14H20ClN3S. The molecule has 1 heterocycles. The summed E-state index contributed by atoms with van der Waals surface area (Å²) in [7, 11) is 0. The Morgan fingerprint density at radius 2 is 2.11 bits per heavy atom. The topological polar surface area (TPSA) is 42.1 Å². The van der Waals surface area contributed by atoms with Gasteiger partial charge in [0.15, 0.2) is 5.11 Å². The largest absolute Gasteiger partial charge is 0.376 e. The lowest BCUT2D eigenvalue weighted by Crippen LogP contribution is -2.46. The zero-order chi connectivity index (χ0) is 13.8. The Hall–Kier alpha value is -0.870. The minimum atomic E-state index is 0.284. The molecule has 1 saturated carbocycles.